The van der Waals surface area contributed by atoms with Crippen molar-refractivity contribution in [1.29, 1.82) is 0 Å². The van der Waals surface area contributed by atoms with Gasteiger partial charge >= 0.3 is 0 Å². The van der Waals surface area contributed by atoms with Gasteiger partial charge in [-0.1, -0.05) is 44.9 Å². The molecule has 1 aromatic carbocycles. The smallest absolute Gasteiger partial charge is 0.129 e. The van der Waals surface area contributed by atoms with Gasteiger partial charge in [0.2, 0.25) is 0 Å². The minimum atomic E-state index is -0.666. The Morgan fingerprint density at radius 2 is 1.69 bits per heavy atom. The van der Waals surface area contributed by atoms with Crippen LogP contribution in [0.15, 0.2) is 24.3 Å². The predicted octanol–water partition coefficient (Wildman–Crippen LogP) is 4.08. The van der Waals surface area contributed by atoms with Gasteiger partial charge in [0.1, 0.15) is 5.82 Å². The third kappa shape index (κ3) is 3.31. The Balaban J connectivity index is 2.81. The van der Waals surface area contributed by atoms with Crippen LogP contribution < -0.4 is 0 Å². The first-order valence-electron chi connectivity index (χ1n) is 6.13. The van der Waals surface area contributed by atoms with Crippen LogP contribution in [0, 0.1) is 11.7 Å². The second-order valence-corrected chi connectivity index (χ2v) is 4.30. The fraction of sp³-hybridized carbons (Fsp3) is 0.571. The zero-order valence-electron chi connectivity index (χ0n) is 10.1. The molecular formula is C14H21FO. The Morgan fingerprint density at radius 1 is 1.12 bits per heavy atom. The lowest BCUT2D eigenvalue weighted by Crippen LogP contribution is -2.13. The summed E-state index contributed by atoms with van der Waals surface area (Å²) in [4.78, 5) is 0. The van der Waals surface area contributed by atoms with E-state index in [4.69, 9.17) is 0 Å². The first-order chi connectivity index (χ1) is 7.70. The molecule has 0 radical (unpaired) electrons. The molecule has 0 bridgehead atoms. The molecule has 0 heterocycles. The zero-order valence-corrected chi connectivity index (χ0v) is 10.1. The maximum Gasteiger partial charge on any atom is 0.129 e. The number of aliphatic hydroxyl groups is 1. The third-order valence-electron chi connectivity index (χ3n) is 2.99. The van der Waals surface area contributed by atoms with Crippen LogP contribution in [0.2, 0.25) is 0 Å². The van der Waals surface area contributed by atoms with Gasteiger partial charge in [-0.2, -0.15) is 0 Å². The van der Waals surface area contributed by atoms with Crippen LogP contribution in [-0.2, 0) is 0 Å². The van der Waals surface area contributed by atoms with Gasteiger partial charge in [-0.05, 0) is 24.8 Å². The second-order valence-electron chi connectivity index (χ2n) is 4.30. The quantitative estimate of drug-likeness (QED) is 0.772. The minimum Gasteiger partial charge on any atom is -0.388 e. The molecule has 1 aromatic rings. The summed E-state index contributed by atoms with van der Waals surface area (Å²) in [6.07, 6.45) is 3.28. The Morgan fingerprint density at radius 3 is 2.19 bits per heavy atom. The van der Waals surface area contributed by atoms with Crippen molar-refractivity contribution in [2.75, 3.05) is 0 Å². The molecule has 1 unspecified atom stereocenters. The van der Waals surface area contributed by atoms with E-state index in [0.29, 0.717) is 5.56 Å². The van der Waals surface area contributed by atoms with Gasteiger partial charge in [0.15, 0.2) is 0 Å². The van der Waals surface area contributed by atoms with Gasteiger partial charge in [0.05, 0.1) is 6.10 Å². The zero-order chi connectivity index (χ0) is 12.0. The lowest BCUT2D eigenvalue weighted by atomic mass is 9.88. The normalized spacial score (nSPS) is 13.1. The molecule has 0 fully saturated rings. The minimum absolute atomic E-state index is 0.173. The first kappa shape index (κ1) is 13.2. The molecule has 0 saturated carbocycles. The lowest BCUT2D eigenvalue weighted by Gasteiger charge is -2.22. The van der Waals surface area contributed by atoms with Crippen molar-refractivity contribution >= 4 is 0 Å². The van der Waals surface area contributed by atoms with E-state index in [9.17, 15) is 9.50 Å². The molecule has 16 heavy (non-hydrogen) atoms. The predicted molar refractivity (Wildman–Crippen MR) is 64.7 cm³/mol. The van der Waals surface area contributed by atoms with Gasteiger partial charge in [0, 0.05) is 5.56 Å². The highest BCUT2D eigenvalue weighted by molar-refractivity contribution is 5.20. The number of hydrogen-bond acceptors (Lipinski definition) is 1. The molecule has 1 rings (SSSR count). The number of halogens is 1. The van der Waals surface area contributed by atoms with Crippen molar-refractivity contribution in [3.63, 3.8) is 0 Å². The molecule has 0 aliphatic heterocycles. The highest BCUT2D eigenvalue weighted by Crippen LogP contribution is 2.30. The molecule has 1 atom stereocenters. The van der Waals surface area contributed by atoms with Gasteiger partial charge < -0.3 is 5.11 Å². The molecule has 0 aromatic heterocycles. The van der Waals surface area contributed by atoms with Crippen LogP contribution in [0.4, 0.5) is 4.39 Å². The van der Waals surface area contributed by atoms with E-state index < -0.39 is 6.10 Å². The summed E-state index contributed by atoms with van der Waals surface area (Å²) in [6.45, 7) is 4.19. The lowest BCUT2D eigenvalue weighted by molar-refractivity contribution is 0.0930. The molecule has 0 aliphatic rings. The van der Waals surface area contributed by atoms with E-state index in [-0.39, 0.29) is 11.7 Å². The van der Waals surface area contributed by atoms with Crippen molar-refractivity contribution < 1.29 is 9.50 Å². The molecule has 1 nitrogen and oxygen atoms in total. The molecular weight excluding hydrogens is 203 g/mol. The SMILES string of the molecule is CCCC(CCC)C(O)c1ccccc1F. The molecule has 0 aliphatic carbocycles. The van der Waals surface area contributed by atoms with Crippen LogP contribution >= 0.6 is 0 Å². The average molecular weight is 224 g/mol. The summed E-state index contributed by atoms with van der Waals surface area (Å²) in [5.41, 5.74) is 0.439. The van der Waals surface area contributed by atoms with E-state index in [1.165, 1.54) is 6.07 Å². The number of hydrogen-bond donors (Lipinski definition) is 1. The van der Waals surface area contributed by atoms with Gasteiger partial charge in [-0.3, -0.25) is 0 Å². The molecule has 1 N–H and O–H groups in total. The summed E-state index contributed by atoms with van der Waals surface area (Å²) in [6, 6.07) is 6.52. The third-order valence-corrected chi connectivity index (χ3v) is 2.99. The molecule has 90 valence electrons. The van der Waals surface area contributed by atoms with E-state index in [0.717, 1.165) is 25.7 Å². The highest BCUT2D eigenvalue weighted by atomic mass is 19.1. The summed E-state index contributed by atoms with van der Waals surface area (Å²) in [5, 5.41) is 10.2. The van der Waals surface area contributed by atoms with Crippen LogP contribution in [0.25, 0.3) is 0 Å². The first-order valence-corrected chi connectivity index (χ1v) is 6.13. The number of rotatable bonds is 6. The standard InChI is InChI=1S/C14H21FO/c1-3-7-11(8-4-2)14(16)12-9-5-6-10-13(12)15/h5-6,9-11,14,16H,3-4,7-8H2,1-2H3. The van der Waals surface area contributed by atoms with Crippen molar-refractivity contribution in [3.05, 3.63) is 35.6 Å². The van der Waals surface area contributed by atoms with Crippen LogP contribution in [0.3, 0.4) is 0 Å². The van der Waals surface area contributed by atoms with Crippen molar-refractivity contribution in [1.82, 2.24) is 0 Å². The average Bonchev–Trinajstić information content (AvgIpc) is 2.28. The fourth-order valence-corrected chi connectivity index (χ4v) is 2.17. The Labute approximate surface area is 97.3 Å². The molecule has 0 amide bonds. The highest BCUT2D eigenvalue weighted by Gasteiger charge is 2.21. The Bertz CT molecular complexity index is 305. The van der Waals surface area contributed by atoms with Crippen LogP contribution in [0.1, 0.15) is 51.2 Å². The molecule has 0 saturated heterocycles. The van der Waals surface area contributed by atoms with Crippen molar-refractivity contribution in [2.45, 2.75) is 45.6 Å². The van der Waals surface area contributed by atoms with Gasteiger partial charge in [-0.15, -0.1) is 0 Å². The van der Waals surface area contributed by atoms with E-state index in [1.54, 1.807) is 18.2 Å². The number of benzene rings is 1. The Kier molecular flexibility index (Phi) is 5.47. The Hall–Kier alpha value is -0.890. The van der Waals surface area contributed by atoms with E-state index >= 15 is 0 Å². The molecule has 2 heteroatoms. The van der Waals surface area contributed by atoms with Crippen LogP contribution in [0.5, 0.6) is 0 Å². The number of aliphatic hydroxyl groups excluding tert-OH is 1. The largest absolute Gasteiger partial charge is 0.388 e. The maximum atomic E-state index is 13.5. The van der Waals surface area contributed by atoms with Crippen molar-refractivity contribution in [2.24, 2.45) is 5.92 Å². The summed E-state index contributed by atoms with van der Waals surface area (Å²) in [7, 11) is 0. The van der Waals surface area contributed by atoms with Crippen molar-refractivity contribution in [3.8, 4) is 0 Å². The summed E-state index contributed by atoms with van der Waals surface area (Å²) in [5.74, 6) is -0.126. The second kappa shape index (κ2) is 6.64. The molecule has 0 spiro atoms. The van der Waals surface area contributed by atoms with Gasteiger partial charge in [0.25, 0.3) is 0 Å². The topological polar surface area (TPSA) is 20.2 Å². The van der Waals surface area contributed by atoms with Gasteiger partial charge in [-0.25, -0.2) is 4.39 Å². The maximum absolute atomic E-state index is 13.5. The van der Waals surface area contributed by atoms with Crippen LogP contribution in [-0.4, -0.2) is 5.11 Å². The van der Waals surface area contributed by atoms with E-state index in [1.807, 2.05) is 0 Å². The fourth-order valence-electron chi connectivity index (χ4n) is 2.17. The monoisotopic (exact) mass is 224 g/mol. The summed E-state index contributed by atoms with van der Waals surface area (Å²) >= 11 is 0. The van der Waals surface area contributed by atoms with E-state index in [2.05, 4.69) is 13.8 Å². The summed E-state index contributed by atoms with van der Waals surface area (Å²) < 4.78 is 13.5.